The molecule has 1 aromatic carbocycles. The summed E-state index contributed by atoms with van der Waals surface area (Å²) >= 11 is 1.81. The van der Waals surface area contributed by atoms with E-state index >= 15 is 0 Å². The van der Waals surface area contributed by atoms with Crippen molar-refractivity contribution in [2.75, 3.05) is 19.8 Å². The molecule has 0 aromatic heterocycles. The highest BCUT2D eigenvalue weighted by Crippen LogP contribution is 2.39. The van der Waals surface area contributed by atoms with E-state index in [1.807, 2.05) is 23.9 Å². The van der Waals surface area contributed by atoms with Gasteiger partial charge in [0.1, 0.15) is 13.2 Å². The first-order chi connectivity index (χ1) is 8.50. The molecule has 0 fully saturated rings. The number of benzene rings is 1. The molecule has 0 saturated carbocycles. The van der Waals surface area contributed by atoms with Crippen molar-refractivity contribution in [1.29, 1.82) is 0 Å². The van der Waals surface area contributed by atoms with Crippen LogP contribution in [0.5, 0.6) is 11.5 Å². The summed E-state index contributed by atoms with van der Waals surface area (Å²) in [6, 6.07) is 6.10. The van der Waals surface area contributed by atoms with E-state index in [0.717, 1.165) is 11.5 Å². The number of thioether (sulfide) groups is 1. The molecule has 100 valence electrons. The molecule has 1 atom stereocenters. The van der Waals surface area contributed by atoms with Crippen molar-refractivity contribution in [1.82, 2.24) is 0 Å². The standard InChI is InChI=1S/C14H21NO2S/c1-14(2,3)13(9-15)18-10-4-5-11-12(8-10)17-7-6-16-11/h4-5,8,13H,6-7,9,15H2,1-3H3. The van der Waals surface area contributed by atoms with Gasteiger partial charge in [-0.2, -0.15) is 0 Å². The maximum Gasteiger partial charge on any atom is 0.162 e. The lowest BCUT2D eigenvalue weighted by Crippen LogP contribution is -2.30. The Morgan fingerprint density at radius 3 is 2.50 bits per heavy atom. The number of ether oxygens (including phenoxy) is 2. The number of hydrogen-bond donors (Lipinski definition) is 1. The molecule has 0 amide bonds. The van der Waals surface area contributed by atoms with Gasteiger partial charge in [-0.25, -0.2) is 0 Å². The maximum absolute atomic E-state index is 5.87. The Morgan fingerprint density at radius 2 is 1.89 bits per heavy atom. The number of hydrogen-bond acceptors (Lipinski definition) is 4. The van der Waals surface area contributed by atoms with E-state index in [4.69, 9.17) is 15.2 Å². The Kier molecular flexibility index (Phi) is 4.07. The van der Waals surface area contributed by atoms with Crippen LogP contribution >= 0.6 is 11.8 Å². The molecule has 2 rings (SSSR count). The lowest BCUT2D eigenvalue weighted by molar-refractivity contribution is 0.171. The predicted octanol–water partition coefficient (Wildman–Crippen LogP) is 2.92. The zero-order valence-electron chi connectivity index (χ0n) is 11.2. The lowest BCUT2D eigenvalue weighted by Gasteiger charge is -2.29. The summed E-state index contributed by atoms with van der Waals surface area (Å²) in [4.78, 5) is 1.18. The molecule has 18 heavy (non-hydrogen) atoms. The van der Waals surface area contributed by atoms with Crippen LogP contribution in [0.1, 0.15) is 20.8 Å². The van der Waals surface area contributed by atoms with Crippen molar-refractivity contribution in [2.45, 2.75) is 30.9 Å². The normalized spacial score (nSPS) is 16.4. The largest absolute Gasteiger partial charge is 0.486 e. The summed E-state index contributed by atoms with van der Waals surface area (Å²) in [7, 11) is 0. The Morgan fingerprint density at radius 1 is 1.22 bits per heavy atom. The van der Waals surface area contributed by atoms with Crippen molar-refractivity contribution in [3.63, 3.8) is 0 Å². The lowest BCUT2D eigenvalue weighted by atomic mass is 9.92. The average molecular weight is 267 g/mol. The molecule has 1 aliphatic heterocycles. The fraction of sp³-hybridized carbons (Fsp3) is 0.571. The first-order valence-corrected chi connectivity index (χ1v) is 7.15. The molecular formula is C14H21NO2S. The summed E-state index contributed by atoms with van der Waals surface area (Å²) in [5.74, 6) is 1.68. The molecule has 0 radical (unpaired) electrons. The number of nitrogens with two attached hydrogens (primary N) is 1. The van der Waals surface area contributed by atoms with E-state index in [-0.39, 0.29) is 5.41 Å². The van der Waals surface area contributed by atoms with Crippen LogP contribution in [0.15, 0.2) is 23.1 Å². The minimum Gasteiger partial charge on any atom is -0.486 e. The number of fused-ring (bicyclic) bond motifs is 1. The van der Waals surface area contributed by atoms with Gasteiger partial charge in [-0.15, -0.1) is 11.8 Å². The molecule has 0 spiro atoms. The van der Waals surface area contributed by atoms with E-state index in [0.29, 0.717) is 25.0 Å². The van der Waals surface area contributed by atoms with Gasteiger partial charge in [0.2, 0.25) is 0 Å². The van der Waals surface area contributed by atoms with Crippen LogP contribution in [-0.2, 0) is 0 Å². The van der Waals surface area contributed by atoms with E-state index in [2.05, 4.69) is 26.8 Å². The Labute approximate surface area is 113 Å². The summed E-state index contributed by atoms with van der Waals surface area (Å²) in [5, 5.41) is 0.389. The third kappa shape index (κ3) is 3.12. The Bertz CT molecular complexity index is 415. The summed E-state index contributed by atoms with van der Waals surface area (Å²) in [6.45, 7) is 8.58. The third-order valence-corrected chi connectivity index (χ3v) is 4.68. The zero-order valence-corrected chi connectivity index (χ0v) is 12.0. The molecule has 2 N–H and O–H groups in total. The third-order valence-electron chi connectivity index (χ3n) is 2.97. The topological polar surface area (TPSA) is 44.5 Å². The summed E-state index contributed by atoms with van der Waals surface area (Å²) in [5.41, 5.74) is 6.05. The second kappa shape index (κ2) is 5.41. The van der Waals surface area contributed by atoms with Crippen molar-refractivity contribution >= 4 is 11.8 Å². The van der Waals surface area contributed by atoms with Crippen LogP contribution in [0.4, 0.5) is 0 Å². The van der Waals surface area contributed by atoms with Crippen molar-refractivity contribution < 1.29 is 9.47 Å². The minimum absolute atomic E-state index is 0.187. The van der Waals surface area contributed by atoms with Crippen molar-refractivity contribution in [3.05, 3.63) is 18.2 Å². The molecule has 4 heteroatoms. The van der Waals surface area contributed by atoms with Crippen LogP contribution in [0.25, 0.3) is 0 Å². The molecule has 1 unspecified atom stereocenters. The summed E-state index contributed by atoms with van der Waals surface area (Å²) in [6.07, 6.45) is 0. The van der Waals surface area contributed by atoms with E-state index in [9.17, 15) is 0 Å². The van der Waals surface area contributed by atoms with E-state index in [1.165, 1.54) is 4.90 Å². The van der Waals surface area contributed by atoms with Crippen molar-refractivity contribution in [3.8, 4) is 11.5 Å². The van der Waals surface area contributed by atoms with Crippen LogP contribution in [-0.4, -0.2) is 25.0 Å². The molecule has 1 heterocycles. The Hall–Kier alpha value is -0.870. The molecule has 0 aliphatic carbocycles. The molecular weight excluding hydrogens is 246 g/mol. The quantitative estimate of drug-likeness (QED) is 0.855. The SMILES string of the molecule is CC(C)(C)C(CN)Sc1ccc2c(c1)OCCO2. The van der Waals surface area contributed by atoms with Crippen molar-refractivity contribution in [2.24, 2.45) is 11.1 Å². The second-order valence-corrected chi connectivity index (χ2v) is 6.79. The van der Waals surface area contributed by atoms with Gasteiger partial charge < -0.3 is 15.2 Å². The van der Waals surface area contributed by atoms with Crippen LogP contribution in [0.2, 0.25) is 0 Å². The van der Waals surface area contributed by atoms with Gasteiger partial charge in [0.15, 0.2) is 11.5 Å². The van der Waals surface area contributed by atoms with Gasteiger partial charge in [0, 0.05) is 16.7 Å². The number of rotatable bonds is 3. The average Bonchev–Trinajstić information content (AvgIpc) is 2.34. The highest BCUT2D eigenvalue weighted by Gasteiger charge is 2.24. The van der Waals surface area contributed by atoms with Gasteiger partial charge in [-0.1, -0.05) is 20.8 Å². The van der Waals surface area contributed by atoms with Gasteiger partial charge in [0.25, 0.3) is 0 Å². The monoisotopic (exact) mass is 267 g/mol. The van der Waals surface area contributed by atoms with Gasteiger partial charge in [-0.3, -0.25) is 0 Å². The van der Waals surface area contributed by atoms with E-state index in [1.54, 1.807) is 0 Å². The fourth-order valence-electron chi connectivity index (χ4n) is 1.84. The molecule has 0 bridgehead atoms. The highest BCUT2D eigenvalue weighted by molar-refractivity contribution is 8.00. The van der Waals surface area contributed by atoms with Crippen LogP contribution in [0, 0.1) is 5.41 Å². The summed E-state index contributed by atoms with van der Waals surface area (Å²) < 4.78 is 11.1. The predicted molar refractivity (Wildman–Crippen MR) is 75.6 cm³/mol. The van der Waals surface area contributed by atoms with Crippen LogP contribution in [0.3, 0.4) is 0 Å². The highest BCUT2D eigenvalue weighted by atomic mass is 32.2. The fourth-order valence-corrected chi connectivity index (χ4v) is 2.94. The van der Waals surface area contributed by atoms with Crippen LogP contribution < -0.4 is 15.2 Å². The first-order valence-electron chi connectivity index (χ1n) is 6.27. The Balaban J connectivity index is 2.14. The first kappa shape index (κ1) is 13.6. The smallest absolute Gasteiger partial charge is 0.162 e. The molecule has 1 aromatic rings. The van der Waals surface area contributed by atoms with Gasteiger partial charge in [0.05, 0.1) is 0 Å². The zero-order chi connectivity index (χ0) is 13.2. The van der Waals surface area contributed by atoms with Gasteiger partial charge >= 0.3 is 0 Å². The van der Waals surface area contributed by atoms with Gasteiger partial charge in [-0.05, 0) is 23.6 Å². The molecule has 0 saturated heterocycles. The minimum atomic E-state index is 0.187. The second-order valence-electron chi connectivity index (χ2n) is 5.51. The van der Waals surface area contributed by atoms with E-state index < -0.39 is 0 Å². The molecule has 1 aliphatic rings. The molecule has 3 nitrogen and oxygen atoms in total. The maximum atomic E-state index is 5.87.